The molecule has 0 spiro atoms. The van der Waals surface area contributed by atoms with Crippen molar-refractivity contribution in [1.29, 1.82) is 0 Å². The average molecular weight is 271 g/mol. The summed E-state index contributed by atoms with van der Waals surface area (Å²) in [6.07, 6.45) is 2.36. The molecule has 1 atom stereocenters. The Morgan fingerprint density at radius 3 is 2.89 bits per heavy atom. The summed E-state index contributed by atoms with van der Waals surface area (Å²) in [5.41, 5.74) is 8.55. The topological polar surface area (TPSA) is 38.5 Å². The molecule has 18 heavy (non-hydrogen) atoms. The molecule has 1 saturated heterocycles. The van der Waals surface area contributed by atoms with Crippen molar-refractivity contribution < 1.29 is 4.74 Å². The monoisotopic (exact) mass is 270 g/mol. The van der Waals surface area contributed by atoms with Gasteiger partial charge in [0.1, 0.15) is 5.75 Å². The quantitative estimate of drug-likeness (QED) is 0.916. The fraction of sp³-hybridized carbons (Fsp3) is 0.571. The van der Waals surface area contributed by atoms with E-state index in [9.17, 15) is 0 Å². The number of halogens is 1. The molecule has 1 aliphatic heterocycles. The van der Waals surface area contributed by atoms with Crippen LogP contribution in [0.25, 0.3) is 0 Å². The molecule has 1 fully saturated rings. The first kappa shape index (κ1) is 15.3. The van der Waals surface area contributed by atoms with Crippen molar-refractivity contribution in [2.24, 2.45) is 5.73 Å². The maximum absolute atomic E-state index is 6.01. The van der Waals surface area contributed by atoms with E-state index in [0.29, 0.717) is 6.04 Å². The van der Waals surface area contributed by atoms with Crippen molar-refractivity contribution >= 4 is 12.4 Å². The third-order valence-electron chi connectivity index (χ3n) is 3.37. The van der Waals surface area contributed by atoms with Crippen LogP contribution in [-0.4, -0.2) is 31.1 Å². The van der Waals surface area contributed by atoms with Gasteiger partial charge in [0, 0.05) is 24.7 Å². The maximum Gasteiger partial charge on any atom is 0.123 e. The minimum absolute atomic E-state index is 0. The Morgan fingerprint density at radius 2 is 2.22 bits per heavy atom. The Labute approximate surface area is 116 Å². The zero-order chi connectivity index (χ0) is 12.3. The lowest BCUT2D eigenvalue weighted by molar-refractivity contribution is 0.199. The maximum atomic E-state index is 6.01. The van der Waals surface area contributed by atoms with E-state index in [2.05, 4.69) is 30.0 Å². The second-order valence-corrected chi connectivity index (χ2v) is 4.95. The smallest absolute Gasteiger partial charge is 0.123 e. The molecule has 102 valence electrons. The lowest BCUT2D eigenvalue weighted by Gasteiger charge is -2.31. The van der Waals surface area contributed by atoms with Crippen LogP contribution in [0.4, 0.5) is 0 Å². The zero-order valence-corrected chi connectivity index (χ0v) is 12.0. The Kier molecular flexibility index (Phi) is 5.93. The third kappa shape index (κ3) is 3.87. The number of ether oxygens (including phenoxy) is 1. The van der Waals surface area contributed by atoms with Crippen LogP contribution in [0.5, 0.6) is 5.75 Å². The summed E-state index contributed by atoms with van der Waals surface area (Å²) in [7, 11) is 1.73. The van der Waals surface area contributed by atoms with E-state index < -0.39 is 0 Å². The fourth-order valence-corrected chi connectivity index (χ4v) is 2.51. The predicted octanol–water partition coefficient (Wildman–Crippen LogP) is 2.35. The highest BCUT2D eigenvalue weighted by Gasteiger charge is 2.17. The highest BCUT2D eigenvalue weighted by Crippen LogP contribution is 2.22. The number of rotatable bonds is 3. The van der Waals surface area contributed by atoms with Gasteiger partial charge in [-0.25, -0.2) is 0 Å². The molecule has 0 bridgehead atoms. The Morgan fingerprint density at radius 1 is 1.44 bits per heavy atom. The number of methoxy groups -OCH3 is 1. The normalized spacial score (nSPS) is 20.3. The van der Waals surface area contributed by atoms with Gasteiger partial charge in [0.2, 0.25) is 0 Å². The van der Waals surface area contributed by atoms with Gasteiger partial charge in [-0.05, 0) is 32.4 Å². The van der Waals surface area contributed by atoms with E-state index in [1.165, 1.54) is 17.5 Å². The molecule has 0 aliphatic carbocycles. The van der Waals surface area contributed by atoms with Gasteiger partial charge in [0.15, 0.2) is 0 Å². The average Bonchev–Trinajstić information content (AvgIpc) is 2.29. The number of likely N-dealkylation sites (tertiary alicyclic amines) is 1. The molecular formula is C14H23ClN2O. The molecule has 1 aromatic carbocycles. The van der Waals surface area contributed by atoms with Gasteiger partial charge >= 0.3 is 0 Å². The third-order valence-corrected chi connectivity index (χ3v) is 3.37. The number of aryl methyl sites for hydroxylation is 1. The second kappa shape index (κ2) is 6.98. The van der Waals surface area contributed by atoms with E-state index in [4.69, 9.17) is 10.5 Å². The first-order valence-corrected chi connectivity index (χ1v) is 6.30. The van der Waals surface area contributed by atoms with Crippen molar-refractivity contribution in [2.45, 2.75) is 32.4 Å². The van der Waals surface area contributed by atoms with Crippen molar-refractivity contribution in [3.8, 4) is 5.75 Å². The molecule has 0 saturated carbocycles. The number of hydrogen-bond donors (Lipinski definition) is 1. The second-order valence-electron chi connectivity index (χ2n) is 4.95. The van der Waals surface area contributed by atoms with Crippen LogP contribution in [0.1, 0.15) is 24.0 Å². The van der Waals surface area contributed by atoms with E-state index in [0.717, 1.165) is 31.8 Å². The first-order valence-electron chi connectivity index (χ1n) is 6.30. The molecule has 2 rings (SSSR count). The summed E-state index contributed by atoms with van der Waals surface area (Å²) in [6.45, 7) is 5.20. The zero-order valence-electron chi connectivity index (χ0n) is 11.2. The highest BCUT2D eigenvalue weighted by atomic mass is 35.5. The molecule has 3 nitrogen and oxygen atoms in total. The van der Waals surface area contributed by atoms with Crippen LogP contribution < -0.4 is 10.5 Å². The number of piperidine rings is 1. The minimum Gasteiger partial charge on any atom is -0.496 e. The van der Waals surface area contributed by atoms with Crippen LogP contribution in [0.2, 0.25) is 0 Å². The summed E-state index contributed by atoms with van der Waals surface area (Å²) in [6, 6.07) is 6.68. The summed E-state index contributed by atoms with van der Waals surface area (Å²) in [5.74, 6) is 0.981. The lowest BCUT2D eigenvalue weighted by atomic mass is 10.0. The van der Waals surface area contributed by atoms with Crippen molar-refractivity contribution in [3.63, 3.8) is 0 Å². The van der Waals surface area contributed by atoms with Gasteiger partial charge in [0.25, 0.3) is 0 Å². The van der Waals surface area contributed by atoms with Gasteiger partial charge in [-0.1, -0.05) is 17.7 Å². The first-order chi connectivity index (χ1) is 8.19. The number of hydrogen-bond acceptors (Lipinski definition) is 3. The Bertz CT molecular complexity index is 384. The number of nitrogens with zero attached hydrogens (tertiary/aromatic N) is 1. The molecule has 1 aromatic rings. The van der Waals surface area contributed by atoms with Crippen LogP contribution in [-0.2, 0) is 6.54 Å². The Hall–Kier alpha value is -0.770. The number of benzene rings is 1. The molecule has 0 unspecified atom stereocenters. The van der Waals surface area contributed by atoms with Gasteiger partial charge < -0.3 is 10.5 Å². The molecule has 1 heterocycles. The van der Waals surface area contributed by atoms with Gasteiger partial charge in [-0.2, -0.15) is 0 Å². The van der Waals surface area contributed by atoms with E-state index >= 15 is 0 Å². The van der Waals surface area contributed by atoms with E-state index in [1.807, 2.05) is 0 Å². The minimum atomic E-state index is 0. The number of nitrogens with two attached hydrogens (primary N) is 1. The highest BCUT2D eigenvalue weighted by molar-refractivity contribution is 5.85. The van der Waals surface area contributed by atoms with Crippen molar-refractivity contribution in [2.75, 3.05) is 20.2 Å². The molecule has 0 amide bonds. The molecular weight excluding hydrogens is 248 g/mol. The predicted molar refractivity (Wildman–Crippen MR) is 77.5 cm³/mol. The summed E-state index contributed by atoms with van der Waals surface area (Å²) in [5, 5.41) is 0. The SMILES string of the molecule is COc1ccc(C)cc1CN1CCC[C@@H](N)C1.Cl. The Balaban J connectivity index is 0.00000162. The standard InChI is InChI=1S/C14H22N2O.ClH/c1-11-5-6-14(17-2)12(8-11)9-16-7-3-4-13(15)10-16;/h5-6,8,13H,3-4,7,9-10,15H2,1-2H3;1H/t13-;/m1./s1. The summed E-state index contributed by atoms with van der Waals surface area (Å²) >= 11 is 0. The van der Waals surface area contributed by atoms with E-state index in [1.54, 1.807) is 7.11 Å². The van der Waals surface area contributed by atoms with Gasteiger partial charge in [-0.3, -0.25) is 4.90 Å². The fourth-order valence-electron chi connectivity index (χ4n) is 2.51. The van der Waals surface area contributed by atoms with Crippen LogP contribution in [0.3, 0.4) is 0 Å². The summed E-state index contributed by atoms with van der Waals surface area (Å²) in [4.78, 5) is 2.42. The van der Waals surface area contributed by atoms with Crippen molar-refractivity contribution in [1.82, 2.24) is 4.90 Å². The van der Waals surface area contributed by atoms with Crippen LogP contribution in [0.15, 0.2) is 18.2 Å². The molecule has 0 radical (unpaired) electrons. The van der Waals surface area contributed by atoms with Crippen molar-refractivity contribution in [3.05, 3.63) is 29.3 Å². The molecule has 1 aliphatic rings. The summed E-state index contributed by atoms with van der Waals surface area (Å²) < 4.78 is 5.41. The van der Waals surface area contributed by atoms with Crippen LogP contribution >= 0.6 is 12.4 Å². The largest absolute Gasteiger partial charge is 0.496 e. The molecule has 0 aromatic heterocycles. The lowest BCUT2D eigenvalue weighted by Crippen LogP contribution is -2.42. The van der Waals surface area contributed by atoms with Crippen LogP contribution in [0, 0.1) is 6.92 Å². The van der Waals surface area contributed by atoms with Gasteiger partial charge in [-0.15, -0.1) is 12.4 Å². The molecule has 2 N–H and O–H groups in total. The van der Waals surface area contributed by atoms with Gasteiger partial charge in [0.05, 0.1) is 7.11 Å². The van der Waals surface area contributed by atoms with E-state index in [-0.39, 0.29) is 12.4 Å². The molecule has 4 heteroatoms.